The lowest BCUT2D eigenvalue weighted by molar-refractivity contribution is 0.0945. The summed E-state index contributed by atoms with van der Waals surface area (Å²) in [4.78, 5) is 13.2. The van der Waals surface area contributed by atoms with E-state index >= 15 is 0 Å². The first-order valence-electron chi connectivity index (χ1n) is 7.53. The SMILES string of the molecule is CSc1ccc(C(C)Nc2cccc(C(=O)NCCO)c2)cc1. The van der Waals surface area contributed by atoms with Crippen LogP contribution in [0.4, 0.5) is 5.69 Å². The van der Waals surface area contributed by atoms with Crippen LogP contribution in [0.1, 0.15) is 28.9 Å². The van der Waals surface area contributed by atoms with E-state index in [0.29, 0.717) is 5.56 Å². The molecule has 122 valence electrons. The van der Waals surface area contributed by atoms with Crippen LogP contribution >= 0.6 is 11.8 Å². The summed E-state index contributed by atoms with van der Waals surface area (Å²) in [6.07, 6.45) is 2.06. The maximum atomic E-state index is 11.9. The van der Waals surface area contributed by atoms with E-state index in [1.165, 1.54) is 10.5 Å². The molecule has 2 aromatic rings. The molecule has 4 nitrogen and oxygen atoms in total. The van der Waals surface area contributed by atoms with Crippen molar-refractivity contribution >= 4 is 23.4 Å². The van der Waals surface area contributed by atoms with Gasteiger partial charge in [-0.15, -0.1) is 11.8 Å². The van der Waals surface area contributed by atoms with Crippen molar-refractivity contribution in [2.75, 3.05) is 24.7 Å². The van der Waals surface area contributed by atoms with Gasteiger partial charge in [-0.25, -0.2) is 0 Å². The smallest absolute Gasteiger partial charge is 0.251 e. The third-order valence-electron chi connectivity index (χ3n) is 3.52. The zero-order valence-electron chi connectivity index (χ0n) is 13.4. The number of aliphatic hydroxyl groups is 1. The van der Waals surface area contributed by atoms with Crippen molar-refractivity contribution in [2.45, 2.75) is 17.9 Å². The van der Waals surface area contributed by atoms with Crippen LogP contribution in [0.15, 0.2) is 53.4 Å². The summed E-state index contributed by atoms with van der Waals surface area (Å²) in [5, 5.41) is 14.8. The number of hydrogen-bond donors (Lipinski definition) is 3. The standard InChI is InChI=1S/C18H22N2O2S/c1-13(14-6-8-17(23-2)9-7-14)20-16-5-3-4-15(12-16)18(22)19-10-11-21/h3-9,12-13,20-21H,10-11H2,1-2H3,(H,19,22). The minimum Gasteiger partial charge on any atom is -0.395 e. The predicted molar refractivity (Wildman–Crippen MR) is 96.1 cm³/mol. The fourth-order valence-electron chi connectivity index (χ4n) is 2.25. The molecule has 0 aromatic heterocycles. The van der Waals surface area contributed by atoms with Crippen LogP contribution in [-0.2, 0) is 0 Å². The molecule has 3 N–H and O–H groups in total. The number of anilines is 1. The Bertz CT molecular complexity index is 644. The van der Waals surface area contributed by atoms with Crippen molar-refractivity contribution in [1.82, 2.24) is 5.32 Å². The molecule has 0 heterocycles. The topological polar surface area (TPSA) is 61.4 Å². The number of amides is 1. The van der Waals surface area contributed by atoms with E-state index in [1.54, 1.807) is 17.8 Å². The second kappa shape index (κ2) is 8.60. The quantitative estimate of drug-likeness (QED) is 0.682. The third-order valence-corrected chi connectivity index (χ3v) is 4.26. The summed E-state index contributed by atoms with van der Waals surface area (Å²) in [5.74, 6) is -0.181. The lowest BCUT2D eigenvalue weighted by Crippen LogP contribution is -2.26. The number of rotatable bonds is 7. The highest BCUT2D eigenvalue weighted by Gasteiger charge is 2.08. The Morgan fingerprint density at radius 3 is 2.61 bits per heavy atom. The Kier molecular flexibility index (Phi) is 6.50. The summed E-state index contributed by atoms with van der Waals surface area (Å²) in [7, 11) is 0. The average Bonchev–Trinajstić information content (AvgIpc) is 2.60. The van der Waals surface area contributed by atoms with Gasteiger partial charge >= 0.3 is 0 Å². The minimum atomic E-state index is -0.181. The Balaban J connectivity index is 2.05. The van der Waals surface area contributed by atoms with Crippen LogP contribution in [0.25, 0.3) is 0 Å². The van der Waals surface area contributed by atoms with E-state index < -0.39 is 0 Å². The van der Waals surface area contributed by atoms with E-state index in [9.17, 15) is 4.79 Å². The van der Waals surface area contributed by atoms with Crippen molar-refractivity contribution in [3.8, 4) is 0 Å². The van der Waals surface area contributed by atoms with Gasteiger partial charge in [0.2, 0.25) is 0 Å². The molecule has 0 aliphatic carbocycles. The van der Waals surface area contributed by atoms with Crippen molar-refractivity contribution in [1.29, 1.82) is 0 Å². The van der Waals surface area contributed by atoms with Crippen LogP contribution < -0.4 is 10.6 Å². The van der Waals surface area contributed by atoms with E-state index in [-0.39, 0.29) is 25.1 Å². The molecule has 0 aliphatic rings. The Morgan fingerprint density at radius 2 is 1.96 bits per heavy atom. The van der Waals surface area contributed by atoms with Crippen LogP contribution in [0.3, 0.4) is 0 Å². The van der Waals surface area contributed by atoms with Gasteiger partial charge in [0.25, 0.3) is 5.91 Å². The molecule has 0 aliphatic heterocycles. The fraction of sp³-hybridized carbons (Fsp3) is 0.278. The maximum absolute atomic E-state index is 11.9. The lowest BCUT2D eigenvalue weighted by Gasteiger charge is -2.16. The van der Waals surface area contributed by atoms with Gasteiger partial charge in [-0.1, -0.05) is 18.2 Å². The summed E-state index contributed by atoms with van der Waals surface area (Å²) >= 11 is 1.72. The molecule has 2 rings (SSSR count). The number of carbonyl (C=O) groups is 1. The van der Waals surface area contributed by atoms with Crippen LogP contribution in [0, 0.1) is 0 Å². The normalized spacial score (nSPS) is 11.8. The van der Waals surface area contributed by atoms with Crippen molar-refractivity contribution in [3.05, 3.63) is 59.7 Å². The molecule has 1 atom stereocenters. The largest absolute Gasteiger partial charge is 0.395 e. The number of hydrogen-bond acceptors (Lipinski definition) is 4. The molecule has 2 aromatic carbocycles. The molecule has 0 radical (unpaired) electrons. The van der Waals surface area contributed by atoms with Gasteiger partial charge in [-0.2, -0.15) is 0 Å². The first-order valence-corrected chi connectivity index (χ1v) is 8.76. The lowest BCUT2D eigenvalue weighted by atomic mass is 10.1. The van der Waals surface area contributed by atoms with Crippen LogP contribution in [0.2, 0.25) is 0 Å². The summed E-state index contributed by atoms with van der Waals surface area (Å²) in [6.45, 7) is 2.29. The number of aliphatic hydroxyl groups excluding tert-OH is 1. The van der Waals surface area contributed by atoms with Gasteiger partial charge in [0.05, 0.1) is 6.61 Å². The number of carbonyl (C=O) groups excluding carboxylic acids is 1. The van der Waals surface area contributed by atoms with Crippen molar-refractivity contribution in [2.24, 2.45) is 0 Å². The Hall–Kier alpha value is -1.98. The molecule has 1 unspecified atom stereocenters. The van der Waals surface area contributed by atoms with Gasteiger partial charge in [0, 0.05) is 28.7 Å². The summed E-state index contributed by atoms with van der Waals surface area (Å²) in [5.41, 5.74) is 2.66. The summed E-state index contributed by atoms with van der Waals surface area (Å²) in [6, 6.07) is 15.9. The highest BCUT2D eigenvalue weighted by atomic mass is 32.2. The van der Waals surface area contributed by atoms with Crippen molar-refractivity contribution in [3.63, 3.8) is 0 Å². The molecular formula is C18H22N2O2S. The zero-order valence-corrected chi connectivity index (χ0v) is 14.2. The van der Waals surface area contributed by atoms with Gasteiger partial charge in [-0.3, -0.25) is 4.79 Å². The van der Waals surface area contributed by atoms with E-state index in [2.05, 4.69) is 48.1 Å². The Labute approximate surface area is 141 Å². The predicted octanol–water partition coefficient (Wildman–Crippen LogP) is 3.30. The molecule has 5 heteroatoms. The van der Waals surface area contributed by atoms with Crippen LogP contribution in [0.5, 0.6) is 0 Å². The van der Waals surface area contributed by atoms with Crippen molar-refractivity contribution < 1.29 is 9.90 Å². The molecule has 0 fully saturated rings. The molecule has 0 saturated carbocycles. The molecule has 0 saturated heterocycles. The second-order valence-electron chi connectivity index (χ2n) is 5.20. The molecular weight excluding hydrogens is 308 g/mol. The summed E-state index contributed by atoms with van der Waals surface area (Å²) < 4.78 is 0. The molecule has 0 spiro atoms. The van der Waals surface area contributed by atoms with Gasteiger partial charge in [0.15, 0.2) is 0 Å². The Morgan fingerprint density at radius 1 is 1.22 bits per heavy atom. The van der Waals surface area contributed by atoms with E-state index in [1.807, 2.05) is 18.2 Å². The first-order chi connectivity index (χ1) is 11.1. The highest BCUT2D eigenvalue weighted by Crippen LogP contribution is 2.22. The average molecular weight is 330 g/mol. The number of nitrogens with one attached hydrogen (secondary N) is 2. The highest BCUT2D eigenvalue weighted by molar-refractivity contribution is 7.98. The third kappa shape index (κ3) is 5.01. The van der Waals surface area contributed by atoms with E-state index in [4.69, 9.17) is 5.11 Å². The minimum absolute atomic E-state index is 0.0627. The number of thioether (sulfide) groups is 1. The zero-order chi connectivity index (χ0) is 16.7. The molecule has 23 heavy (non-hydrogen) atoms. The molecule has 1 amide bonds. The van der Waals surface area contributed by atoms with Gasteiger partial charge in [0.1, 0.15) is 0 Å². The first kappa shape index (κ1) is 17.4. The van der Waals surface area contributed by atoms with E-state index in [0.717, 1.165) is 5.69 Å². The monoisotopic (exact) mass is 330 g/mol. The van der Waals surface area contributed by atoms with Gasteiger partial charge in [-0.05, 0) is 49.1 Å². The van der Waals surface area contributed by atoms with Gasteiger partial charge < -0.3 is 15.7 Å². The van der Waals surface area contributed by atoms with Crippen LogP contribution in [-0.4, -0.2) is 30.4 Å². The second-order valence-corrected chi connectivity index (χ2v) is 6.08. The number of benzene rings is 2. The molecule has 0 bridgehead atoms. The fourth-order valence-corrected chi connectivity index (χ4v) is 2.66. The maximum Gasteiger partial charge on any atom is 0.251 e.